The van der Waals surface area contributed by atoms with Crippen LogP contribution < -0.4 is 5.32 Å². The summed E-state index contributed by atoms with van der Waals surface area (Å²) in [4.78, 5) is 8.94. The van der Waals surface area contributed by atoms with Crippen molar-refractivity contribution < 1.29 is 25.9 Å². The topological polar surface area (TPSA) is 29.1 Å². The molecule has 0 fully saturated rings. The number of hydrogen-bond donors (Lipinski definition) is 1. The number of carbonyl (C=O) groups excluding carboxylic acids is 1. The third kappa shape index (κ3) is 14.4. The van der Waals surface area contributed by atoms with Gasteiger partial charge in [-0.05, 0) is 7.05 Å². The molecule has 0 aliphatic carbocycles. The van der Waals surface area contributed by atoms with E-state index in [1.807, 2.05) is 0 Å². The van der Waals surface area contributed by atoms with Crippen LogP contribution in [0.5, 0.6) is 0 Å². The molecule has 0 saturated heterocycles. The first-order chi connectivity index (χ1) is 1.91. The van der Waals surface area contributed by atoms with Crippen LogP contribution in [0.1, 0.15) is 0 Å². The summed E-state index contributed by atoms with van der Waals surface area (Å²) in [6.45, 7) is 0. The Balaban J connectivity index is 0. The molecular formula is C2H4NOW+. The summed E-state index contributed by atoms with van der Waals surface area (Å²) in [6.07, 6.45) is 1.43. The van der Waals surface area contributed by atoms with Gasteiger partial charge in [-0.3, -0.25) is 0 Å². The first kappa shape index (κ1) is 8.94. The minimum absolute atomic E-state index is 0. The van der Waals surface area contributed by atoms with Gasteiger partial charge < -0.3 is 10.1 Å². The normalized spacial score (nSPS) is 4.20. The van der Waals surface area contributed by atoms with E-state index in [1.165, 1.54) is 13.5 Å². The van der Waals surface area contributed by atoms with Crippen LogP contribution in [0, 0.1) is 0 Å². The van der Waals surface area contributed by atoms with Gasteiger partial charge in [-0.15, -0.1) is 0 Å². The molecule has 1 N–H and O–H groups in total. The Bertz CT molecular complexity index is 23.6. The largest absolute Gasteiger partial charge is 2.00 e. The molecule has 0 aromatic heterocycles. The Labute approximate surface area is 45.2 Å². The zero-order valence-corrected chi connectivity index (χ0v) is 5.75. The van der Waals surface area contributed by atoms with Gasteiger partial charge in [-0.1, -0.05) is 0 Å². The summed E-state index contributed by atoms with van der Waals surface area (Å²) in [5.41, 5.74) is 0. The first-order valence-corrected chi connectivity index (χ1v) is 0.954. The summed E-state index contributed by atoms with van der Waals surface area (Å²) < 4.78 is 0. The van der Waals surface area contributed by atoms with E-state index >= 15 is 0 Å². The van der Waals surface area contributed by atoms with Gasteiger partial charge in [-0.25, -0.2) is 0 Å². The summed E-state index contributed by atoms with van der Waals surface area (Å²) in [5, 5.41) is 2.12. The maximum atomic E-state index is 8.94. The first-order valence-electron chi connectivity index (χ1n) is 0.954. The molecule has 0 aromatic rings. The van der Waals surface area contributed by atoms with E-state index in [9.17, 15) is 0 Å². The van der Waals surface area contributed by atoms with Crippen molar-refractivity contribution in [2.45, 2.75) is 0 Å². The molecule has 0 aliphatic heterocycles. The number of rotatable bonds is 1. The van der Waals surface area contributed by atoms with E-state index in [4.69, 9.17) is 4.79 Å². The van der Waals surface area contributed by atoms with Gasteiger partial charge >= 0.3 is 21.1 Å². The van der Waals surface area contributed by atoms with Crippen LogP contribution in [0.4, 0.5) is 0 Å². The average Bonchev–Trinajstić information content (AvgIpc) is 1.37. The molecule has 0 heterocycles. The van der Waals surface area contributed by atoms with E-state index in [0.29, 0.717) is 0 Å². The van der Waals surface area contributed by atoms with Crippen molar-refractivity contribution in [3.8, 4) is 0 Å². The number of hydrogen-bond acceptors (Lipinski definition) is 1. The van der Waals surface area contributed by atoms with Crippen molar-refractivity contribution in [3.05, 3.63) is 0 Å². The molecule has 1 amide bonds. The molecule has 5 heavy (non-hydrogen) atoms. The van der Waals surface area contributed by atoms with Gasteiger partial charge in [0.2, 0.25) is 0 Å². The van der Waals surface area contributed by atoms with Crippen molar-refractivity contribution in [2.24, 2.45) is 0 Å². The third-order valence-corrected chi connectivity index (χ3v) is 0.102. The fourth-order valence-corrected chi connectivity index (χ4v) is 0. The fourth-order valence-electron chi connectivity index (χ4n) is 0. The molecule has 0 radical (unpaired) electrons. The zero-order chi connectivity index (χ0) is 3.41. The zero-order valence-electron chi connectivity index (χ0n) is 2.82. The second-order valence-electron chi connectivity index (χ2n) is 0.352. The molecular weight excluding hydrogens is 238 g/mol. The molecule has 2 nitrogen and oxygen atoms in total. The minimum Gasteiger partial charge on any atom is -0.532 e. The van der Waals surface area contributed by atoms with E-state index in [-0.39, 0.29) is 21.1 Å². The second kappa shape index (κ2) is 8.90. The predicted molar refractivity (Wildman–Crippen MR) is 14.8 cm³/mol. The Morgan fingerprint density at radius 3 is 2.00 bits per heavy atom. The third-order valence-electron chi connectivity index (χ3n) is 0.102. The molecule has 0 bridgehead atoms. The number of amides is 1. The molecule has 28 valence electrons. The van der Waals surface area contributed by atoms with Crippen molar-refractivity contribution in [3.63, 3.8) is 0 Å². The average molecular weight is 242 g/mol. The second-order valence-corrected chi connectivity index (χ2v) is 0.352. The Morgan fingerprint density at radius 1 is 1.80 bits per heavy atom. The summed E-state index contributed by atoms with van der Waals surface area (Å²) in [6, 6.07) is 0. The molecule has 0 atom stereocenters. The van der Waals surface area contributed by atoms with Gasteiger partial charge in [-0.2, -0.15) is 6.41 Å². The van der Waals surface area contributed by atoms with Crippen LogP contribution in [0.25, 0.3) is 0 Å². The Hall–Kier alpha value is 0.158. The van der Waals surface area contributed by atoms with E-state index in [0.717, 1.165) is 0 Å². The molecule has 0 saturated carbocycles. The standard InChI is InChI=1S/C2H4NO.W/c1-3-2-4;/h1H3,(H,3,4);/q-1;+2. The monoisotopic (exact) mass is 242 g/mol. The number of nitrogens with one attached hydrogen (secondary N) is 1. The fraction of sp³-hybridized carbons (Fsp3) is 0.500. The molecule has 0 unspecified atom stereocenters. The van der Waals surface area contributed by atoms with Crippen LogP contribution in [0.3, 0.4) is 0 Å². The maximum Gasteiger partial charge on any atom is 2.00 e. The summed E-state index contributed by atoms with van der Waals surface area (Å²) in [7, 11) is 1.51. The summed E-state index contributed by atoms with van der Waals surface area (Å²) >= 11 is 0. The van der Waals surface area contributed by atoms with Gasteiger partial charge in [0.15, 0.2) is 0 Å². The molecule has 0 aliphatic rings. The van der Waals surface area contributed by atoms with Crippen LogP contribution in [0.15, 0.2) is 0 Å². The molecule has 0 spiro atoms. The van der Waals surface area contributed by atoms with Crippen LogP contribution in [-0.2, 0) is 25.9 Å². The van der Waals surface area contributed by atoms with Crippen molar-refractivity contribution in [1.82, 2.24) is 5.32 Å². The van der Waals surface area contributed by atoms with E-state index in [1.54, 1.807) is 0 Å². The SMILES string of the molecule is CN[C-]=O.[W+2]. The van der Waals surface area contributed by atoms with Gasteiger partial charge in [0.1, 0.15) is 0 Å². The smallest absolute Gasteiger partial charge is 0.532 e. The van der Waals surface area contributed by atoms with Crippen molar-refractivity contribution in [1.29, 1.82) is 0 Å². The van der Waals surface area contributed by atoms with E-state index in [2.05, 4.69) is 5.32 Å². The molecule has 3 heteroatoms. The quantitative estimate of drug-likeness (QED) is 0.476. The molecule has 0 rings (SSSR count). The van der Waals surface area contributed by atoms with Gasteiger partial charge in [0.05, 0.1) is 0 Å². The van der Waals surface area contributed by atoms with E-state index < -0.39 is 0 Å². The van der Waals surface area contributed by atoms with Crippen molar-refractivity contribution in [2.75, 3.05) is 7.05 Å². The Morgan fingerprint density at radius 2 is 2.00 bits per heavy atom. The van der Waals surface area contributed by atoms with Crippen LogP contribution >= 0.6 is 0 Å². The minimum atomic E-state index is 0. The van der Waals surface area contributed by atoms with Crippen LogP contribution in [-0.4, -0.2) is 13.5 Å². The van der Waals surface area contributed by atoms with Crippen molar-refractivity contribution >= 4 is 6.41 Å². The predicted octanol–water partition coefficient (Wildman–Crippen LogP) is -0.730. The summed E-state index contributed by atoms with van der Waals surface area (Å²) in [5.74, 6) is 0. The van der Waals surface area contributed by atoms with Crippen LogP contribution in [0.2, 0.25) is 0 Å². The Kier molecular flexibility index (Phi) is 15.9. The maximum absolute atomic E-state index is 8.94. The van der Waals surface area contributed by atoms with Gasteiger partial charge in [0.25, 0.3) is 0 Å². The molecule has 0 aromatic carbocycles. The van der Waals surface area contributed by atoms with Gasteiger partial charge in [0, 0.05) is 0 Å².